The molecule has 29 heavy (non-hydrogen) atoms. The lowest BCUT2D eigenvalue weighted by atomic mass is 9.93. The molecular weight excluding hydrogens is 364 g/mol. The molecule has 1 fully saturated rings. The van der Waals surface area contributed by atoms with Gasteiger partial charge < -0.3 is 25.3 Å². The van der Waals surface area contributed by atoms with Crippen LogP contribution in [0.15, 0.2) is 30.6 Å². The van der Waals surface area contributed by atoms with E-state index in [2.05, 4.69) is 57.3 Å². The summed E-state index contributed by atoms with van der Waals surface area (Å²) in [7, 11) is 2.15. The molecule has 2 N–H and O–H groups in total. The second kappa shape index (κ2) is 8.71. The molecule has 1 aromatic carbocycles. The normalized spacial score (nSPS) is 17.7. The van der Waals surface area contributed by atoms with Crippen LogP contribution in [0.25, 0.3) is 5.57 Å². The number of benzene rings is 1. The molecule has 4 rings (SSSR count). The Morgan fingerprint density at radius 3 is 2.69 bits per heavy atom. The lowest BCUT2D eigenvalue weighted by Gasteiger charge is -2.27. The van der Waals surface area contributed by atoms with E-state index in [4.69, 9.17) is 10.1 Å². The van der Waals surface area contributed by atoms with Gasteiger partial charge in [-0.1, -0.05) is 6.08 Å². The van der Waals surface area contributed by atoms with Crippen molar-refractivity contribution < 1.29 is 4.74 Å². The molecule has 1 saturated heterocycles. The Morgan fingerprint density at radius 1 is 1.14 bits per heavy atom. The number of likely N-dealkylation sites (N-methyl/N-ethyl adjacent to an activating group) is 1. The van der Waals surface area contributed by atoms with Gasteiger partial charge in [0.1, 0.15) is 18.0 Å². The third kappa shape index (κ3) is 4.46. The molecule has 2 aliphatic heterocycles. The quantitative estimate of drug-likeness (QED) is 0.762. The fraction of sp³-hybridized carbons (Fsp3) is 0.409. The van der Waals surface area contributed by atoms with Gasteiger partial charge >= 0.3 is 0 Å². The van der Waals surface area contributed by atoms with Gasteiger partial charge in [-0.2, -0.15) is 0 Å². The van der Waals surface area contributed by atoms with E-state index in [0.717, 1.165) is 68.7 Å². The highest BCUT2D eigenvalue weighted by Crippen LogP contribution is 2.31. The number of aryl methyl sites for hydroxylation is 1. The zero-order chi connectivity index (χ0) is 20.2. The van der Waals surface area contributed by atoms with Crippen LogP contribution in [-0.2, 0) is 4.74 Å². The van der Waals surface area contributed by atoms with Gasteiger partial charge in [-0.15, -0.1) is 0 Å². The second-order valence-corrected chi connectivity index (χ2v) is 7.63. The Balaban J connectivity index is 1.62. The first kappa shape index (κ1) is 19.5. The topological polar surface area (TPSA) is 77.4 Å². The number of hydrogen-bond acceptors (Lipinski definition) is 7. The summed E-state index contributed by atoms with van der Waals surface area (Å²) in [6, 6.07) is 6.20. The first-order valence-corrected chi connectivity index (χ1v) is 10.1. The van der Waals surface area contributed by atoms with Crippen LogP contribution < -0.4 is 10.2 Å². The Morgan fingerprint density at radius 2 is 1.97 bits per heavy atom. The van der Waals surface area contributed by atoms with Gasteiger partial charge in [-0.25, -0.2) is 9.97 Å². The molecule has 0 amide bonds. The van der Waals surface area contributed by atoms with Gasteiger partial charge in [0.05, 0.1) is 13.2 Å². The molecule has 0 atom stereocenters. The molecule has 0 bridgehead atoms. The van der Waals surface area contributed by atoms with Crippen LogP contribution in [0, 0.1) is 12.3 Å². The molecule has 7 nitrogen and oxygen atoms in total. The average Bonchev–Trinajstić information content (AvgIpc) is 2.76. The number of morpholine rings is 1. The molecule has 0 spiro atoms. The van der Waals surface area contributed by atoms with Gasteiger partial charge in [-0.05, 0) is 49.2 Å². The summed E-state index contributed by atoms with van der Waals surface area (Å²) in [6.07, 6.45) is 6.33. The molecule has 0 aliphatic carbocycles. The fourth-order valence-corrected chi connectivity index (χ4v) is 3.84. The first-order chi connectivity index (χ1) is 14.1. The van der Waals surface area contributed by atoms with Crippen LogP contribution in [0.3, 0.4) is 0 Å². The highest BCUT2D eigenvalue weighted by Gasteiger charge is 2.16. The summed E-state index contributed by atoms with van der Waals surface area (Å²) < 4.78 is 5.43. The van der Waals surface area contributed by atoms with Gasteiger partial charge in [0.2, 0.25) is 0 Å². The molecule has 0 saturated carbocycles. The fourth-order valence-electron chi connectivity index (χ4n) is 3.84. The lowest BCUT2D eigenvalue weighted by Crippen LogP contribution is -2.36. The molecule has 2 aromatic rings. The molecule has 7 heteroatoms. The minimum Gasteiger partial charge on any atom is -0.378 e. The maximum Gasteiger partial charge on any atom is 0.135 e. The van der Waals surface area contributed by atoms with Crippen molar-refractivity contribution in [3.63, 3.8) is 0 Å². The van der Waals surface area contributed by atoms with E-state index in [1.165, 1.54) is 22.9 Å². The van der Waals surface area contributed by atoms with E-state index in [1.807, 2.05) is 6.07 Å². The zero-order valence-corrected chi connectivity index (χ0v) is 17.1. The van der Waals surface area contributed by atoms with Gasteiger partial charge in [0.15, 0.2) is 0 Å². The van der Waals surface area contributed by atoms with E-state index in [0.29, 0.717) is 0 Å². The number of ether oxygens (including phenoxy) is 1. The Labute approximate surface area is 171 Å². The second-order valence-electron chi connectivity index (χ2n) is 7.63. The number of nitrogens with one attached hydrogen (secondary N) is 2. The summed E-state index contributed by atoms with van der Waals surface area (Å²) in [5.74, 6) is 1.63. The molecule has 0 radical (unpaired) electrons. The molecule has 3 heterocycles. The predicted molar refractivity (Wildman–Crippen MR) is 118 cm³/mol. The maximum absolute atomic E-state index is 7.85. The van der Waals surface area contributed by atoms with Crippen LogP contribution in [0.2, 0.25) is 0 Å². The van der Waals surface area contributed by atoms with Crippen molar-refractivity contribution in [2.75, 3.05) is 56.7 Å². The van der Waals surface area contributed by atoms with E-state index >= 15 is 0 Å². The van der Waals surface area contributed by atoms with Crippen molar-refractivity contribution in [2.24, 2.45) is 0 Å². The van der Waals surface area contributed by atoms with Gasteiger partial charge in [0, 0.05) is 49.7 Å². The molecule has 152 valence electrons. The number of anilines is 3. The van der Waals surface area contributed by atoms with Crippen molar-refractivity contribution in [3.05, 3.63) is 47.3 Å². The Hall–Kier alpha value is -2.77. The van der Waals surface area contributed by atoms with Gasteiger partial charge in [-0.3, -0.25) is 0 Å². The van der Waals surface area contributed by atoms with E-state index in [1.54, 1.807) is 6.33 Å². The smallest absolute Gasteiger partial charge is 0.135 e. The summed E-state index contributed by atoms with van der Waals surface area (Å²) in [5.41, 5.74) is 5.56. The number of rotatable bonds is 5. The van der Waals surface area contributed by atoms with E-state index in [9.17, 15) is 0 Å². The number of nitrogens with zero attached hydrogens (tertiary/aromatic N) is 4. The highest BCUT2D eigenvalue weighted by molar-refractivity contribution is 5.90. The minimum atomic E-state index is 0.719. The standard InChI is InChI=1S/C22H28N6O/c1-16-11-18(14-23)20(12-19(16)17-3-5-27(2)6-4-17)26-21-13-22(25-15-24-21)28-7-9-29-10-8-28/h3,11-15,23H,4-10H2,1-2H3,(H,24,25,26). The van der Waals surface area contributed by atoms with Crippen molar-refractivity contribution >= 4 is 29.1 Å². The van der Waals surface area contributed by atoms with Crippen molar-refractivity contribution in [1.82, 2.24) is 14.9 Å². The number of aromatic nitrogens is 2. The molecular formula is C22H28N6O. The summed E-state index contributed by atoms with van der Waals surface area (Å²) in [5, 5.41) is 11.3. The monoisotopic (exact) mass is 392 g/mol. The van der Waals surface area contributed by atoms with Crippen LogP contribution in [0.4, 0.5) is 17.3 Å². The SMILES string of the molecule is Cc1cc(C=N)c(Nc2cc(N3CCOCC3)ncn2)cc1C1=CCN(C)CC1. The van der Waals surface area contributed by atoms with Crippen LogP contribution in [0.5, 0.6) is 0 Å². The van der Waals surface area contributed by atoms with Crippen molar-refractivity contribution in [3.8, 4) is 0 Å². The Kier molecular flexibility index (Phi) is 5.87. The highest BCUT2D eigenvalue weighted by atomic mass is 16.5. The summed E-state index contributed by atoms with van der Waals surface area (Å²) >= 11 is 0. The van der Waals surface area contributed by atoms with Crippen LogP contribution >= 0.6 is 0 Å². The molecule has 1 aromatic heterocycles. The minimum absolute atomic E-state index is 0.719. The van der Waals surface area contributed by atoms with Crippen LogP contribution in [0.1, 0.15) is 23.1 Å². The lowest BCUT2D eigenvalue weighted by molar-refractivity contribution is 0.122. The van der Waals surface area contributed by atoms with Crippen LogP contribution in [-0.4, -0.2) is 67.5 Å². The van der Waals surface area contributed by atoms with Gasteiger partial charge in [0.25, 0.3) is 0 Å². The Bertz CT molecular complexity index is 920. The number of hydrogen-bond donors (Lipinski definition) is 2. The molecule has 0 unspecified atom stereocenters. The van der Waals surface area contributed by atoms with Crippen molar-refractivity contribution in [1.29, 1.82) is 5.41 Å². The first-order valence-electron chi connectivity index (χ1n) is 10.1. The largest absolute Gasteiger partial charge is 0.378 e. The zero-order valence-electron chi connectivity index (χ0n) is 17.1. The molecule has 2 aliphatic rings. The summed E-state index contributed by atoms with van der Waals surface area (Å²) in [4.78, 5) is 13.3. The summed E-state index contributed by atoms with van der Waals surface area (Å²) in [6.45, 7) is 7.26. The maximum atomic E-state index is 7.85. The average molecular weight is 393 g/mol. The third-order valence-electron chi connectivity index (χ3n) is 5.56. The third-order valence-corrected chi connectivity index (χ3v) is 5.56. The van der Waals surface area contributed by atoms with E-state index < -0.39 is 0 Å². The van der Waals surface area contributed by atoms with Crippen molar-refractivity contribution in [2.45, 2.75) is 13.3 Å². The predicted octanol–water partition coefficient (Wildman–Crippen LogP) is 3.08. The van der Waals surface area contributed by atoms with E-state index in [-0.39, 0.29) is 0 Å².